The van der Waals surface area contributed by atoms with E-state index in [4.69, 9.17) is 21.4 Å². The second-order valence-electron chi connectivity index (χ2n) is 8.10. The molecule has 2 aliphatic rings. The Labute approximate surface area is 182 Å². The summed E-state index contributed by atoms with van der Waals surface area (Å²) < 4.78 is 6.13. The molecule has 0 amide bonds. The van der Waals surface area contributed by atoms with E-state index in [0.29, 0.717) is 17.9 Å². The van der Waals surface area contributed by atoms with Gasteiger partial charge in [-0.1, -0.05) is 19.4 Å². The number of carboxylic acids is 1. The number of carboxylic acid groups (broad SMARTS) is 1. The summed E-state index contributed by atoms with van der Waals surface area (Å²) in [5.41, 5.74) is 1.35. The van der Waals surface area contributed by atoms with Gasteiger partial charge in [-0.3, -0.25) is 0 Å². The number of aromatic carboxylic acids is 1. The number of aryl methyl sites for hydroxylation is 1. The molecule has 4 atom stereocenters. The third kappa shape index (κ3) is 6.09. The average molecular weight is 439 g/mol. The van der Waals surface area contributed by atoms with Crippen LogP contribution in [0.4, 0.5) is 0 Å². The van der Waals surface area contributed by atoms with Crippen molar-refractivity contribution in [3.05, 3.63) is 45.4 Å². The summed E-state index contributed by atoms with van der Waals surface area (Å²) in [6, 6.07) is 3.56. The van der Waals surface area contributed by atoms with E-state index in [-0.39, 0.29) is 17.2 Å². The topological polar surface area (TPSA) is 66.8 Å². The van der Waals surface area contributed by atoms with E-state index in [0.717, 1.165) is 55.6 Å². The van der Waals surface area contributed by atoms with E-state index < -0.39 is 12.1 Å². The van der Waals surface area contributed by atoms with E-state index >= 15 is 0 Å². The van der Waals surface area contributed by atoms with Crippen molar-refractivity contribution in [1.82, 2.24) is 0 Å². The Kier molecular flexibility index (Phi) is 8.22. The lowest BCUT2D eigenvalue weighted by molar-refractivity contribution is 0.0515. The minimum Gasteiger partial charge on any atom is -0.498 e. The fraction of sp³-hybridized carbons (Fsp3) is 0.609. The molecule has 29 heavy (non-hydrogen) atoms. The molecule has 6 heteroatoms. The monoisotopic (exact) mass is 438 g/mol. The number of ether oxygens (including phenoxy) is 1. The van der Waals surface area contributed by atoms with Crippen LogP contribution >= 0.6 is 22.9 Å². The van der Waals surface area contributed by atoms with Gasteiger partial charge in [0.25, 0.3) is 0 Å². The second-order valence-corrected chi connectivity index (χ2v) is 9.83. The van der Waals surface area contributed by atoms with Crippen LogP contribution in [-0.2, 0) is 11.2 Å². The van der Waals surface area contributed by atoms with Gasteiger partial charge in [-0.25, -0.2) is 4.79 Å². The first-order valence-corrected chi connectivity index (χ1v) is 11.9. The summed E-state index contributed by atoms with van der Waals surface area (Å²) >= 11 is 7.91. The zero-order valence-corrected chi connectivity index (χ0v) is 18.6. The molecule has 4 nitrogen and oxygen atoms in total. The molecule has 2 aliphatic carbocycles. The van der Waals surface area contributed by atoms with Crippen molar-refractivity contribution in [3.8, 4) is 0 Å². The maximum absolute atomic E-state index is 11.0. The molecule has 2 unspecified atom stereocenters. The second kappa shape index (κ2) is 10.6. The Bertz CT molecular complexity index is 754. The maximum Gasteiger partial charge on any atom is 0.345 e. The third-order valence-corrected chi connectivity index (χ3v) is 7.59. The van der Waals surface area contributed by atoms with Crippen LogP contribution in [-0.4, -0.2) is 34.3 Å². The molecule has 0 bridgehead atoms. The van der Waals surface area contributed by atoms with Gasteiger partial charge >= 0.3 is 5.97 Å². The molecule has 1 aromatic heterocycles. The summed E-state index contributed by atoms with van der Waals surface area (Å²) in [6.45, 7) is 2.70. The Hall–Kier alpha value is -1.30. The molecule has 0 saturated heterocycles. The lowest BCUT2D eigenvalue weighted by Gasteiger charge is -2.25. The van der Waals surface area contributed by atoms with E-state index in [9.17, 15) is 9.90 Å². The lowest BCUT2D eigenvalue weighted by Crippen LogP contribution is -2.26. The van der Waals surface area contributed by atoms with Crippen molar-refractivity contribution in [2.45, 2.75) is 69.8 Å². The minimum atomic E-state index is -0.868. The van der Waals surface area contributed by atoms with Crippen LogP contribution in [0.15, 0.2) is 35.6 Å². The maximum atomic E-state index is 11.0. The standard InChI is InChI=1S/C23H31ClO4S/c1-2-5-15-6-3-7-16(12-15)28-14-19-18(20(24)13-21(19)25)9-4-8-17-10-11-22(29-17)23(26)27/h6,10-12,18-21,25H,2-5,7-9,13-14H2,1H3,(H,26,27)/t18-,19?,20?,21-/m1/s1. The summed E-state index contributed by atoms with van der Waals surface area (Å²) in [7, 11) is 0. The summed E-state index contributed by atoms with van der Waals surface area (Å²) in [4.78, 5) is 12.5. The van der Waals surface area contributed by atoms with Gasteiger partial charge in [0.2, 0.25) is 0 Å². The minimum absolute atomic E-state index is 0.0348. The Morgan fingerprint density at radius 1 is 1.31 bits per heavy atom. The fourth-order valence-electron chi connectivity index (χ4n) is 4.42. The van der Waals surface area contributed by atoms with Crippen LogP contribution in [0, 0.1) is 11.8 Å². The SMILES string of the molecule is CCCC1=CCCC(OCC2[C@@H](CCCc3ccc(C(=O)O)s3)C(Cl)C[C@H]2O)=C1. The fourth-order valence-corrected chi connectivity index (χ4v) is 5.80. The lowest BCUT2D eigenvalue weighted by atomic mass is 9.90. The predicted molar refractivity (Wildman–Crippen MR) is 118 cm³/mol. The number of alkyl halides is 1. The van der Waals surface area contributed by atoms with Gasteiger partial charge in [0, 0.05) is 22.6 Å². The quantitative estimate of drug-likeness (QED) is 0.453. The molecule has 0 radical (unpaired) electrons. The van der Waals surface area contributed by atoms with Gasteiger partial charge < -0.3 is 14.9 Å². The number of rotatable bonds is 10. The molecule has 1 saturated carbocycles. The first kappa shape index (κ1) is 22.4. The van der Waals surface area contributed by atoms with Gasteiger partial charge in [-0.05, 0) is 68.2 Å². The largest absolute Gasteiger partial charge is 0.498 e. The molecule has 1 aromatic rings. The Balaban J connectivity index is 1.52. The molecular formula is C23H31ClO4S. The molecule has 1 fully saturated rings. The van der Waals surface area contributed by atoms with Crippen molar-refractivity contribution in [1.29, 1.82) is 0 Å². The van der Waals surface area contributed by atoms with E-state index in [1.54, 1.807) is 6.07 Å². The number of halogens is 1. The van der Waals surface area contributed by atoms with Crippen molar-refractivity contribution in [2.24, 2.45) is 11.8 Å². The summed E-state index contributed by atoms with van der Waals surface area (Å²) in [6.07, 6.45) is 11.5. The molecule has 0 aromatic carbocycles. The van der Waals surface area contributed by atoms with Crippen molar-refractivity contribution in [2.75, 3.05) is 6.61 Å². The molecule has 160 valence electrons. The third-order valence-electron chi connectivity index (χ3n) is 5.95. The smallest absolute Gasteiger partial charge is 0.345 e. The first-order chi connectivity index (χ1) is 14.0. The highest BCUT2D eigenvalue weighted by atomic mass is 35.5. The van der Waals surface area contributed by atoms with Crippen LogP contribution < -0.4 is 0 Å². The highest BCUT2D eigenvalue weighted by Crippen LogP contribution is 2.40. The number of aliphatic hydroxyl groups excluding tert-OH is 1. The molecule has 2 N–H and O–H groups in total. The highest BCUT2D eigenvalue weighted by molar-refractivity contribution is 7.13. The van der Waals surface area contributed by atoms with Gasteiger partial charge in [0.1, 0.15) is 4.88 Å². The Morgan fingerprint density at radius 3 is 2.86 bits per heavy atom. The van der Waals surface area contributed by atoms with Gasteiger partial charge in [0.15, 0.2) is 0 Å². The zero-order chi connectivity index (χ0) is 20.8. The van der Waals surface area contributed by atoms with Gasteiger partial charge in [0.05, 0.1) is 18.5 Å². The molecular weight excluding hydrogens is 408 g/mol. The van der Waals surface area contributed by atoms with Crippen LogP contribution in [0.1, 0.15) is 66.4 Å². The van der Waals surface area contributed by atoms with Crippen molar-refractivity contribution >= 4 is 28.9 Å². The molecule has 1 heterocycles. The normalized spacial score (nSPS) is 26.9. The van der Waals surface area contributed by atoms with E-state index in [1.165, 1.54) is 16.9 Å². The van der Waals surface area contributed by atoms with Crippen LogP contribution in [0.25, 0.3) is 0 Å². The van der Waals surface area contributed by atoms with E-state index in [1.807, 2.05) is 6.07 Å². The molecule has 0 spiro atoms. The number of hydrogen-bond acceptors (Lipinski definition) is 4. The first-order valence-electron chi connectivity index (χ1n) is 10.6. The van der Waals surface area contributed by atoms with E-state index in [2.05, 4.69) is 19.1 Å². The summed E-state index contributed by atoms with van der Waals surface area (Å²) in [5, 5.41) is 19.5. The number of carbonyl (C=O) groups is 1. The number of allylic oxidation sites excluding steroid dienone is 4. The van der Waals surface area contributed by atoms with Crippen LogP contribution in [0.3, 0.4) is 0 Å². The Morgan fingerprint density at radius 2 is 2.14 bits per heavy atom. The van der Waals surface area contributed by atoms with Crippen molar-refractivity contribution < 1.29 is 19.7 Å². The molecule has 0 aliphatic heterocycles. The van der Waals surface area contributed by atoms with Gasteiger partial charge in [-0.2, -0.15) is 0 Å². The van der Waals surface area contributed by atoms with Gasteiger partial charge in [-0.15, -0.1) is 22.9 Å². The number of aliphatic hydroxyl groups is 1. The van der Waals surface area contributed by atoms with Crippen LogP contribution in [0.2, 0.25) is 0 Å². The number of hydrogen-bond donors (Lipinski definition) is 2. The van der Waals surface area contributed by atoms with Crippen molar-refractivity contribution in [3.63, 3.8) is 0 Å². The molecule has 3 rings (SSSR count). The van der Waals surface area contributed by atoms with Crippen LogP contribution in [0.5, 0.6) is 0 Å². The number of thiophene rings is 1. The zero-order valence-electron chi connectivity index (χ0n) is 17.0. The summed E-state index contributed by atoms with van der Waals surface area (Å²) in [5.74, 6) is 0.434. The predicted octanol–water partition coefficient (Wildman–Crippen LogP) is 5.79. The average Bonchev–Trinajstić information content (AvgIpc) is 3.26. The highest BCUT2D eigenvalue weighted by Gasteiger charge is 2.41.